The number of rotatable bonds is 6. The van der Waals surface area contributed by atoms with Gasteiger partial charge in [-0.25, -0.2) is 9.00 Å². The first-order valence-corrected chi connectivity index (χ1v) is 7.24. The van der Waals surface area contributed by atoms with Gasteiger partial charge in [0, 0.05) is 6.07 Å². The third-order valence-corrected chi connectivity index (χ3v) is 2.97. The lowest BCUT2D eigenvalue weighted by Crippen LogP contribution is -2.21. The van der Waals surface area contributed by atoms with Gasteiger partial charge in [-0.15, -0.1) is 0 Å². The maximum atomic E-state index is 12.3. The van der Waals surface area contributed by atoms with Crippen LogP contribution in [-0.2, 0) is 15.8 Å². The van der Waals surface area contributed by atoms with Crippen LogP contribution >= 0.6 is 0 Å². The molecule has 0 fully saturated rings. The second kappa shape index (κ2) is 7.48. The Kier molecular flexibility index (Phi) is 6.21. The Morgan fingerprint density at radius 1 is 1.23 bits per heavy atom. The smallest absolute Gasteiger partial charge is 0.493 e. The summed E-state index contributed by atoms with van der Waals surface area (Å²) in [4.78, 5) is 11.5. The largest absolute Gasteiger partial charge is 0.508 e. The van der Waals surface area contributed by atoms with Gasteiger partial charge in [0.25, 0.3) is 0 Å². The van der Waals surface area contributed by atoms with Gasteiger partial charge in [-0.05, 0) is 18.1 Å². The van der Waals surface area contributed by atoms with Crippen LogP contribution in [0.25, 0.3) is 0 Å². The standard InChI is InChI=1S/C13H15F3O5S/c1-8(2)7-20-10-4-9(12(17)19-3)5-11(6-10)21-22(18)13(14,15)16/h4-6,8H,7H2,1-3H3. The van der Waals surface area contributed by atoms with Crippen LogP contribution in [-0.4, -0.2) is 29.4 Å². The van der Waals surface area contributed by atoms with Crippen molar-refractivity contribution in [2.45, 2.75) is 19.4 Å². The maximum absolute atomic E-state index is 12.3. The van der Waals surface area contributed by atoms with Crippen LogP contribution in [0.2, 0.25) is 0 Å². The highest BCUT2D eigenvalue weighted by atomic mass is 32.2. The maximum Gasteiger partial charge on any atom is 0.508 e. The summed E-state index contributed by atoms with van der Waals surface area (Å²) in [6.45, 7) is 4.03. The normalized spacial score (nSPS) is 12.9. The van der Waals surface area contributed by atoms with Crippen LogP contribution in [0, 0.1) is 5.92 Å². The minimum atomic E-state index is -5.03. The minimum Gasteiger partial charge on any atom is -0.493 e. The molecule has 0 saturated carbocycles. The zero-order chi connectivity index (χ0) is 16.9. The van der Waals surface area contributed by atoms with Gasteiger partial charge in [0.1, 0.15) is 11.5 Å². The minimum absolute atomic E-state index is 0.0714. The summed E-state index contributed by atoms with van der Waals surface area (Å²) >= 11 is -3.54. The molecule has 0 bridgehead atoms. The molecule has 9 heteroatoms. The monoisotopic (exact) mass is 340 g/mol. The van der Waals surface area contributed by atoms with Crippen molar-refractivity contribution >= 4 is 17.0 Å². The molecule has 0 aromatic heterocycles. The second-order valence-corrected chi connectivity index (χ2v) is 5.75. The van der Waals surface area contributed by atoms with Crippen LogP contribution in [0.1, 0.15) is 24.2 Å². The number of hydrogen-bond acceptors (Lipinski definition) is 5. The zero-order valence-corrected chi connectivity index (χ0v) is 12.9. The molecule has 1 aromatic carbocycles. The molecule has 1 rings (SSSR count). The summed E-state index contributed by atoms with van der Waals surface area (Å²) in [6, 6.07) is 3.42. The fraction of sp³-hybridized carbons (Fsp3) is 0.462. The molecule has 0 N–H and O–H groups in total. The molecule has 5 nitrogen and oxygen atoms in total. The molecular formula is C13H15F3O5S. The van der Waals surface area contributed by atoms with E-state index in [-0.39, 0.29) is 23.8 Å². The molecule has 1 atom stereocenters. The molecule has 0 aliphatic heterocycles. The van der Waals surface area contributed by atoms with Crippen LogP contribution in [0.5, 0.6) is 11.5 Å². The number of alkyl halides is 3. The van der Waals surface area contributed by atoms with E-state index in [2.05, 4.69) is 8.92 Å². The first kappa shape index (κ1) is 18.3. The van der Waals surface area contributed by atoms with Crippen molar-refractivity contribution in [1.29, 1.82) is 0 Å². The lowest BCUT2D eigenvalue weighted by atomic mass is 10.2. The van der Waals surface area contributed by atoms with E-state index in [0.29, 0.717) is 0 Å². The molecule has 0 heterocycles. The first-order chi connectivity index (χ1) is 10.1. The molecule has 0 radical (unpaired) electrons. The van der Waals surface area contributed by atoms with Crippen molar-refractivity contribution in [1.82, 2.24) is 0 Å². The predicted octanol–water partition coefficient (Wildman–Crippen LogP) is 3.07. The van der Waals surface area contributed by atoms with E-state index in [4.69, 9.17) is 4.74 Å². The Labute approximate surface area is 128 Å². The van der Waals surface area contributed by atoms with Crippen LogP contribution in [0.15, 0.2) is 18.2 Å². The van der Waals surface area contributed by atoms with Gasteiger partial charge < -0.3 is 13.7 Å². The fourth-order valence-corrected chi connectivity index (χ4v) is 1.70. The summed E-state index contributed by atoms with van der Waals surface area (Å²) in [6.07, 6.45) is 0. The molecule has 1 unspecified atom stereocenters. The van der Waals surface area contributed by atoms with E-state index >= 15 is 0 Å². The van der Waals surface area contributed by atoms with Crippen molar-refractivity contribution in [3.05, 3.63) is 23.8 Å². The number of esters is 1. The number of ether oxygens (including phenoxy) is 2. The van der Waals surface area contributed by atoms with Crippen molar-refractivity contribution in [3.63, 3.8) is 0 Å². The van der Waals surface area contributed by atoms with Gasteiger partial charge >= 0.3 is 22.6 Å². The highest BCUT2D eigenvalue weighted by Crippen LogP contribution is 2.28. The third-order valence-electron chi connectivity index (χ3n) is 2.25. The Balaban J connectivity index is 3.07. The SMILES string of the molecule is COC(=O)c1cc(OCC(C)C)cc(OS(=O)C(F)(F)F)c1. The van der Waals surface area contributed by atoms with E-state index in [1.165, 1.54) is 6.07 Å². The zero-order valence-electron chi connectivity index (χ0n) is 12.1. The molecule has 124 valence electrons. The summed E-state index contributed by atoms with van der Waals surface area (Å²) in [7, 11) is 1.12. The van der Waals surface area contributed by atoms with Crippen molar-refractivity contribution in [2.24, 2.45) is 5.92 Å². The Morgan fingerprint density at radius 2 is 1.82 bits per heavy atom. The fourth-order valence-electron chi connectivity index (χ4n) is 1.34. The number of carbonyl (C=O) groups is 1. The molecule has 0 aliphatic carbocycles. The molecule has 1 aromatic rings. The van der Waals surface area contributed by atoms with Crippen molar-refractivity contribution in [3.8, 4) is 11.5 Å². The highest BCUT2D eigenvalue weighted by molar-refractivity contribution is 7.81. The average Bonchev–Trinajstić information content (AvgIpc) is 2.43. The average molecular weight is 340 g/mol. The van der Waals surface area contributed by atoms with Gasteiger partial charge in [-0.2, -0.15) is 13.2 Å². The van der Waals surface area contributed by atoms with Gasteiger partial charge in [0.05, 0.1) is 19.3 Å². The molecule has 22 heavy (non-hydrogen) atoms. The van der Waals surface area contributed by atoms with Gasteiger partial charge in [-0.3, -0.25) is 0 Å². The van der Waals surface area contributed by atoms with Crippen molar-refractivity contribution in [2.75, 3.05) is 13.7 Å². The lowest BCUT2D eigenvalue weighted by molar-refractivity contribution is -0.0437. The quantitative estimate of drug-likeness (QED) is 0.745. The number of benzene rings is 1. The number of hydrogen-bond donors (Lipinski definition) is 0. The highest BCUT2D eigenvalue weighted by Gasteiger charge is 2.40. The first-order valence-electron chi connectivity index (χ1n) is 6.16. The van der Waals surface area contributed by atoms with Crippen molar-refractivity contribution < 1.29 is 35.8 Å². The van der Waals surface area contributed by atoms with Gasteiger partial charge in [0.2, 0.25) is 0 Å². The summed E-state index contributed by atoms with van der Waals surface area (Å²) in [5.74, 6) is -0.906. The third kappa shape index (κ3) is 5.55. The summed E-state index contributed by atoms with van der Waals surface area (Å²) in [5, 5.41) is 0. The lowest BCUT2D eigenvalue weighted by Gasteiger charge is -2.13. The summed E-state index contributed by atoms with van der Waals surface area (Å²) < 4.78 is 61.9. The van der Waals surface area contributed by atoms with Crippen LogP contribution in [0.4, 0.5) is 13.2 Å². The van der Waals surface area contributed by atoms with E-state index in [1.54, 1.807) is 0 Å². The van der Waals surface area contributed by atoms with Crippen LogP contribution in [0.3, 0.4) is 0 Å². The van der Waals surface area contributed by atoms with E-state index in [1.807, 2.05) is 13.8 Å². The van der Waals surface area contributed by atoms with Gasteiger partial charge in [-0.1, -0.05) is 13.8 Å². The predicted molar refractivity (Wildman–Crippen MR) is 72.9 cm³/mol. The Morgan fingerprint density at radius 3 is 2.32 bits per heavy atom. The Bertz CT molecular complexity index is 557. The van der Waals surface area contributed by atoms with E-state index < -0.39 is 28.3 Å². The molecular weight excluding hydrogens is 325 g/mol. The van der Waals surface area contributed by atoms with E-state index in [9.17, 15) is 22.2 Å². The van der Waals surface area contributed by atoms with Gasteiger partial charge in [0.15, 0.2) is 0 Å². The number of halogens is 3. The Hall–Kier alpha value is -1.77. The number of carbonyl (C=O) groups excluding carboxylic acids is 1. The second-order valence-electron chi connectivity index (χ2n) is 4.65. The molecule has 0 spiro atoms. The molecule has 0 saturated heterocycles. The molecule has 0 aliphatic rings. The molecule has 0 amide bonds. The summed E-state index contributed by atoms with van der Waals surface area (Å²) in [5.41, 5.74) is -5.10. The number of methoxy groups -OCH3 is 1. The van der Waals surface area contributed by atoms with Crippen LogP contribution < -0.4 is 8.92 Å². The van der Waals surface area contributed by atoms with E-state index in [0.717, 1.165) is 19.2 Å². The topological polar surface area (TPSA) is 61.8 Å².